The van der Waals surface area contributed by atoms with E-state index in [9.17, 15) is 13.6 Å². The molecule has 1 aromatic rings. The van der Waals surface area contributed by atoms with Gasteiger partial charge in [-0.1, -0.05) is 0 Å². The largest absolute Gasteiger partial charge is 0.348 e. The summed E-state index contributed by atoms with van der Waals surface area (Å²) in [5.41, 5.74) is 0. The minimum atomic E-state index is -0.891. The van der Waals surface area contributed by atoms with Crippen LogP contribution in [0.3, 0.4) is 0 Å². The Balaban J connectivity index is 2.58. The van der Waals surface area contributed by atoms with Crippen LogP contribution >= 0.6 is 11.8 Å². The van der Waals surface area contributed by atoms with Gasteiger partial charge in [0.2, 0.25) is 5.91 Å². The Labute approximate surface area is 91.3 Å². The van der Waals surface area contributed by atoms with Crippen molar-refractivity contribution in [1.29, 1.82) is 0 Å². The number of carbonyl (C=O) groups excluding carboxylic acids is 1. The molecule has 0 aliphatic heterocycles. The first-order chi connectivity index (χ1) is 7.00. The quantitative estimate of drug-likeness (QED) is 0.743. The van der Waals surface area contributed by atoms with Crippen molar-refractivity contribution < 1.29 is 13.6 Å². The smallest absolute Gasteiger partial charge is 0.232 e. The molecule has 5 heteroatoms. The molecule has 0 aliphatic carbocycles. The highest BCUT2D eigenvalue weighted by Gasteiger charge is 2.07. The van der Waals surface area contributed by atoms with E-state index in [0.29, 0.717) is 4.90 Å². The monoisotopic (exact) mass is 231 g/mol. The minimum Gasteiger partial charge on any atom is -0.348 e. The first-order valence-corrected chi connectivity index (χ1v) is 5.27. The molecule has 15 heavy (non-hydrogen) atoms. The summed E-state index contributed by atoms with van der Waals surface area (Å²) >= 11 is 1.18. The van der Waals surface area contributed by atoms with Crippen LogP contribution in [0.2, 0.25) is 0 Å². The molecule has 2 nitrogen and oxygen atoms in total. The Kier molecular flexibility index (Phi) is 4.08. The zero-order chi connectivity index (χ0) is 11.4. The van der Waals surface area contributed by atoms with Gasteiger partial charge in [-0.05, 0) is 18.2 Å². The molecule has 0 heterocycles. The van der Waals surface area contributed by atoms with Crippen molar-refractivity contribution in [3.05, 3.63) is 29.8 Å². The van der Waals surface area contributed by atoms with Crippen LogP contribution in [-0.4, -0.2) is 30.7 Å². The third kappa shape index (κ3) is 3.51. The number of amides is 1. The Morgan fingerprint density at radius 3 is 2.53 bits per heavy atom. The molecule has 0 saturated carbocycles. The number of halogens is 2. The third-order valence-corrected chi connectivity index (χ3v) is 2.73. The van der Waals surface area contributed by atoms with Crippen molar-refractivity contribution in [2.75, 3.05) is 19.8 Å². The Hall–Kier alpha value is -1.10. The number of hydrogen-bond donors (Lipinski definition) is 0. The summed E-state index contributed by atoms with van der Waals surface area (Å²) in [6, 6.07) is 3.59. The molecule has 0 saturated heterocycles. The van der Waals surface area contributed by atoms with Gasteiger partial charge in [0.05, 0.1) is 5.75 Å². The molecule has 0 aliphatic rings. The third-order valence-electron chi connectivity index (χ3n) is 1.75. The second kappa shape index (κ2) is 5.11. The summed E-state index contributed by atoms with van der Waals surface area (Å²) < 4.78 is 25.3. The lowest BCUT2D eigenvalue weighted by Crippen LogP contribution is -2.23. The number of hydrogen-bond acceptors (Lipinski definition) is 2. The fourth-order valence-corrected chi connectivity index (χ4v) is 1.74. The van der Waals surface area contributed by atoms with Gasteiger partial charge in [0.25, 0.3) is 0 Å². The van der Waals surface area contributed by atoms with Gasteiger partial charge in [0.1, 0.15) is 0 Å². The standard InChI is InChI=1S/C10H11F2NOS/c1-13(2)10(14)6-15-7-3-4-8(11)9(12)5-7/h3-5H,6H2,1-2H3. The molecule has 1 aromatic carbocycles. The van der Waals surface area contributed by atoms with Crippen molar-refractivity contribution in [3.8, 4) is 0 Å². The van der Waals surface area contributed by atoms with Crippen LogP contribution in [0.1, 0.15) is 0 Å². The number of nitrogens with zero attached hydrogens (tertiary/aromatic N) is 1. The minimum absolute atomic E-state index is 0.0651. The molecule has 0 N–H and O–H groups in total. The van der Waals surface area contributed by atoms with E-state index in [-0.39, 0.29) is 11.7 Å². The Morgan fingerprint density at radius 1 is 1.33 bits per heavy atom. The molecular weight excluding hydrogens is 220 g/mol. The lowest BCUT2D eigenvalue weighted by atomic mass is 10.3. The van der Waals surface area contributed by atoms with E-state index in [4.69, 9.17) is 0 Å². The Morgan fingerprint density at radius 2 is 2.00 bits per heavy atom. The lowest BCUT2D eigenvalue weighted by Gasteiger charge is -2.09. The topological polar surface area (TPSA) is 20.3 Å². The SMILES string of the molecule is CN(C)C(=O)CSc1ccc(F)c(F)c1. The summed E-state index contributed by atoms with van der Waals surface area (Å²) in [6.07, 6.45) is 0. The summed E-state index contributed by atoms with van der Waals surface area (Å²) in [5, 5.41) is 0. The number of benzene rings is 1. The lowest BCUT2D eigenvalue weighted by molar-refractivity contribution is -0.125. The first-order valence-electron chi connectivity index (χ1n) is 4.28. The van der Waals surface area contributed by atoms with Gasteiger partial charge in [0.15, 0.2) is 11.6 Å². The molecule has 1 rings (SSSR count). The first kappa shape index (κ1) is 12.0. The molecular formula is C10H11F2NOS. The summed E-state index contributed by atoms with van der Waals surface area (Å²) in [7, 11) is 3.29. The second-order valence-electron chi connectivity index (χ2n) is 3.15. The molecule has 0 spiro atoms. The van der Waals surface area contributed by atoms with Crippen LogP contribution in [0, 0.1) is 11.6 Å². The van der Waals surface area contributed by atoms with E-state index in [1.54, 1.807) is 14.1 Å². The van der Waals surface area contributed by atoms with Crippen LogP contribution in [-0.2, 0) is 4.79 Å². The molecule has 82 valence electrons. The van der Waals surface area contributed by atoms with Crippen molar-refractivity contribution in [1.82, 2.24) is 4.90 Å². The van der Waals surface area contributed by atoms with Crippen molar-refractivity contribution in [2.45, 2.75) is 4.90 Å². The van der Waals surface area contributed by atoms with Gasteiger partial charge >= 0.3 is 0 Å². The predicted octanol–water partition coefficient (Wildman–Crippen LogP) is 2.15. The molecule has 0 radical (unpaired) electrons. The second-order valence-corrected chi connectivity index (χ2v) is 4.20. The van der Waals surface area contributed by atoms with E-state index in [2.05, 4.69) is 0 Å². The highest BCUT2D eigenvalue weighted by atomic mass is 32.2. The summed E-state index contributed by atoms with van der Waals surface area (Å²) in [6.45, 7) is 0. The van der Waals surface area contributed by atoms with Crippen molar-refractivity contribution in [2.24, 2.45) is 0 Å². The van der Waals surface area contributed by atoms with Gasteiger partial charge in [-0.15, -0.1) is 11.8 Å². The van der Waals surface area contributed by atoms with Gasteiger partial charge in [-0.3, -0.25) is 4.79 Å². The van der Waals surface area contributed by atoms with E-state index in [1.165, 1.54) is 22.7 Å². The molecule has 1 amide bonds. The maximum atomic E-state index is 12.8. The number of rotatable bonds is 3. The maximum absolute atomic E-state index is 12.8. The van der Waals surface area contributed by atoms with Crippen LogP contribution in [0.25, 0.3) is 0 Å². The Bertz CT molecular complexity index is 368. The van der Waals surface area contributed by atoms with E-state index in [1.807, 2.05) is 0 Å². The summed E-state index contributed by atoms with van der Waals surface area (Å²) in [5.74, 6) is -1.61. The van der Waals surface area contributed by atoms with Crippen LogP contribution in [0.4, 0.5) is 8.78 Å². The van der Waals surface area contributed by atoms with E-state index in [0.717, 1.165) is 12.1 Å². The fraction of sp³-hybridized carbons (Fsp3) is 0.300. The van der Waals surface area contributed by atoms with Crippen molar-refractivity contribution >= 4 is 17.7 Å². The van der Waals surface area contributed by atoms with Crippen LogP contribution in [0.15, 0.2) is 23.1 Å². The van der Waals surface area contributed by atoms with Gasteiger partial charge < -0.3 is 4.90 Å². The van der Waals surface area contributed by atoms with Gasteiger partial charge in [0, 0.05) is 19.0 Å². The van der Waals surface area contributed by atoms with Crippen molar-refractivity contribution in [3.63, 3.8) is 0 Å². The normalized spacial score (nSPS) is 10.1. The molecule has 0 fully saturated rings. The zero-order valence-electron chi connectivity index (χ0n) is 8.46. The fourth-order valence-electron chi connectivity index (χ4n) is 0.841. The van der Waals surface area contributed by atoms with Gasteiger partial charge in [-0.25, -0.2) is 8.78 Å². The molecule has 0 aromatic heterocycles. The highest BCUT2D eigenvalue weighted by molar-refractivity contribution is 8.00. The average Bonchev–Trinajstić information content (AvgIpc) is 2.19. The van der Waals surface area contributed by atoms with Gasteiger partial charge in [-0.2, -0.15) is 0 Å². The maximum Gasteiger partial charge on any atom is 0.232 e. The predicted molar refractivity (Wildman–Crippen MR) is 55.8 cm³/mol. The van der Waals surface area contributed by atoms with Crippen LogP contribution in [0.5, 0.6) is 0 Å². The number of carbonyl (C=O) groups is 1. The van der Waals surface area contributed by atoms with E-state index < -0.39 is 11.6 Å². The molecule has 0 unspecified atom stereocenters. The average molecular weight is 231 g/mol. The molecule has 0 bridgehead atoms. The summed E-state index contributed by atoms with van der Waals surface area (Å²) in [4.78, 5) is 13.2. The van der Waals surface area contributed by atoms with Crippen LogP contribution < -0.4 is 0 Å². The zero-order valence-corrected chi connectivity index (χ0v) is 9.28. The molecule has 0 atom stereocenters. The highest BCUT2D eigenvalue weighted by Crippen LogP contribution is 2.20. The van der Waals surface area contributed by atoms with E-state index >= 15 is 0 Å². The number of thioether (sulfide) groups is 1.